The Morgan fingerprint density at radius 3 is 2.31 bits per heavy atom. The lowest BCUT2D eigenvalue weighted by molar-refractivity contribution is 0.197. The van der Waals surface area contributed by atoms with Crippen molar-refractivity contribution in [2.75, 3.05) is 45.9 Å². The van der Waals surface area contributed by atoms with Crippen molar-refractivity contribution in [1.82, 2.24) is 9.80 Å². The predicted octanol–water partition coefficient (Wildman–Crippen LogP) is -0.877. The van der Waals surface area contributed by atoms with E-state index in [9.17, 15) is 0 Å². The number of nitrogens with zero attached hydrogens (tertiary/aromatic N) is 3. The van der Waals surface area contributed by atoms with Crippen LogP contribution in [-0.4, -0.2) is 71.8 Å². The van der Waals surface area contributed by atoms with Gasteiger partial charge in [-0.1, -0.05) is 5.16 Å². The predicted molar refractivity (Wildman–Crippen MR) is 62.6 cm³/mol. The number of amidine groups is 1. The first-order valence-corrected chi connectivity index (χ1v) is 5.78. The van der Waals surface area contributed by atoms with Crippen LogP contribution in [0.3, 0.4) is 0 Å². The third kappa shape index (κ3) is 4.78. The zero-order chi connectivity index (χ0) is 11.8. The van der Waals surface area contributed by atoms with Crippen LogP contribution >= 0.6 is 0 Å². The second kappa shape index (κ2) is 7.43. The number of aliphatic hydroxyl groups is 1. The van der Waals surface area contributed by atoms with Crippen molar-refractivity contribution in [3.8, 4) is 0 Å². The van der Waals surface area contributed by atoms with Crippen molar-refractivity contribution in [3.63, 3.8) is 0 Å². The van der Waals surface area contributed by atoms with Crippen LogP contribution in [0.5, 0.6) is 0 Å². The monoisotopic (exact) mass is 230 g/mol. The van der Waals surface area contributed by atoms with Crippen LogP contribution in [0.25, 0.3) is 0 Å². The van der Waals surface area contributed by atoms with Gasteiger partial charge in [0.25, 0.3) is 0 Å². The van der Waals surface area contributed by atoms with Crippen LogP contribution < -0.4 is 5.73 Å². The highest BCUT2D eigenvalue weighted by atomic mass is 16.4. The maximum atomic E-state index is 8.87. The number of hydrogen-bond acceptors (Lipinski definition) is 5. The molecule has 0 unspecified atom stereocenters. The van der Waals surface area contributed by atoms with Gasteiger partial charge in [-0.15, -0.1) is 0 Å². The van der Waals surface area contributed by atoms with Gasteiger partial charge in [-0.3, -0.25) is 4.90 Å². The van der Waals surface area contributed by atoms with Gasteiger partial charge in [-0.25, -0.2) is 0 Å². The van der Waals surface area contributed by atoms with E-state index < -0.39 is 0 Å². The lowest BCUT2D eigenvalue weighted by Crippen LogP contribution is -2.34. The molecule has 1 aliphatic rings. The molecule has 0 aliphatic carbocycles. The molecular weight excluding hydrogens is 208 g/mol. The van der Waals surface area contributed by atoms with E-state index in [1.807, 2.05) is 0 Å². The normalized spacial score (nSPS) is 20.9. The standard InChI is InChI=1S/C10H22N4O2/c11-10(12-16)2-5-13-3-1-4-14(7-6-13)8-9-15/h15-16H,1-9H2,(H2,11,12). The highest BCUT2D eigenvalue weighted by molar-refractivity contribution is 5.79. The largest absolute Gasteiger partial charge is 0.409 e. The maximum absolute atomic E-state index is 8.87. The summed E-state index contributed by atoms with van der Waals surface area (Å²) in [5.74, 6) is 0.288. The molecule has 0 spiro atoms. The minimum absolute atomic E-state index is 0.226. The molecule has 0 amide bonds. The third-order valence-corrected chi connectivity index (χ3v) is 2.91. The van der Waals surface area contributed by atoms with Crippen molar-refractivity contribution < 1.29 is 10.3 Å². The summed E-state index contributed by atoms with van der Waals surface area (Å²) in [6.07, 6.45) is 1.71. The van der Waals surface area contributed by atoms with Gasteiger partial charge in [-0.05, 0) is 19.5 Å². The van der Waals surface area contributed by atoms with Crippen LogP contribution in [0, 0.1) is 0 Å². The molecule has 1 rings (SSSR count). The molecule has 0 aromatic carbocycles. The molecule has 1 aliphatic heterocycles. The number of rotatable bonds is 5. The molecule has 1 saturated heterocycles. The number of nitrogens with two attached hydrogens (primary N) is 1. The fourth-order valence-corrected chi connectivity index (χ4v) is 1.94. The van der Waals surface area contributed by atoms with E-state index in [2.05, 4.69) is 15.0 Å². The Balaban J connectivity index is 2.24. The first-order chi connectivity index (χ1) is 7.76. The molecule has 16 heavy (non-hydrogen) atoms. The molecule has 6 nitrogen and oxygen atoms in total. The molecule has 0 aromatic heterocycles. The SMILES string of the molecule is NC(CCN1CCCN(CCO)CC1)=NO. The first-order valence-electron chi connectivity index (χ1n) is 5.78. The molecule has 0 atom stereocenters. The zero-order valence-corrected chi connectivity index (χ0v) is 9.68. The number of aliphatic hydroxyl groups excluding tert-OH is 1. The van der Waals surface area contributed by atoms with Gasteiger partial charge < -0.3 is 20.9 Å². The second-order valence-corrected chi connectivity index (χ2v) is 4.10. The molecule has 0 aromatic rings. The summed E-state index contributed by atoms with van der Waals surface area (Å²) in [6.45, 7) is 5.87. The molecular formula is C10H22N4O2. The highest BCUT2D eigenvalue weighted by Gasteiger charge is 2.14. The zero-order valence-electron chi connectivity index (χ0n) is 9.68. The van der Waals surface area contributed by atoms with Crippen LogP contribution in [0.4, 0.5) is 0 Å². The Morgan fingerprint density at radius 2 is 1.75 bits per heavy atom. The van der Waals surface area contributed by atoms with E-state index in [1.54, 1.807) is 0 Å². The van der Waals surface area contributed by atoms with Crippen molar-refractivity contribution in [2.45, 2.75) is 12.8 Å². The fraction of sp³-hybridized carbons (Fsp3) is 0.900. The van der Waals surface area contributed by atoms with E-state index in [4.69, 9.17) is 16.0 Å². The highest BCUT2D eigenvalue weighted by Crippen LogP contribution is 2.03. The lowest BCUT2D eigenvalue weighted by atomic mass is 10.3. The summed E-state index contributed by atoms with van der Waals surface area (Å²) in [5, 5.41) is 20.3. The lowest BCUT2D eigenvalue weighted by Gasteiger charge is -2.20. The van der Waals surface area contributed by atoms with Crippen molar-refractivity contribution in [3.05, 3.63) is 0 Å². The van der Waals surface area contributed by atoms with Gasteiger partial charge in [0.1, 0.15) is 5.84 Å². The number of hydrogen-bond donors (Lipinski definition) is 3. The topological polar surface area (TPSA) is 85.3 Å². The van der Waals surface area contributed by atoms with Crippen LogP contribution in [0.2, 0.25) is 0 Å². The van der Waals surface area contributed by atoms with Gasteiger partial charge >= 0.3 is 0 Å². The quantitative estimate of drug-likeness (QED) is 0.247. The molecule has 0 bridgehead atoms. The van der Waals surface area contributed by atoms with E-state index in [-0.39, 0.29) is 12.4 Å². The summed E-state index contributed by atoms with van der Waals surface area (Å²) in [6, 6.07) is 0. The average Bonchev–Trinajstić information content (AvgIpc) is 2.52. The van der Waals surface area contributed by atoms with E-state index in [0.717, 1.165) is 45.7 Å². The Labute approximate surface area is 96.3 Å². The Morgan fingerprint density at radius 1 is 1.12 bits per heavy atom. The third-order valence-electron chi connectivity index (χ3n) is 2.91. The second-order valence-electron chi connectivity index (χ2n) is 4.10. The van der Waals surface area contributed by atoms with E-state index in [1.165, 1.54) is 0 Å². The van der Waals surface area contributed by atoms with Crippen molar-refractivity contribution in [2.24, 2.45) is 10.9 Å². The first kappa shape index (κ1) is 13.2. The molecule has 1 heterocycles. The van der Waals surface area contributed by atoms with Crippen LogP contribution in [0.1, 0.15) is 12.8 Å². The smallest absolute Gasteiger partial charge is 0.140 e. The minimum Gasteiger partial charge on any atom is -0.409 e. The molecule has 1 fully saturated rings. The Kier molecular flexibility index (Phi) is 6.14. The van der Waals surface area contributed by atoms with Gasteiger partial charge in [0.05, 0.1) is 6.61 Å². The number of β-amino-alcohol motifs (C(OH)–C–C–N with tert-alkyl or cyclic N) is 1. The molecule has 4 N–H and O–H groups in total. The Hall–Kier alpha value is -0.850. The summed E-state index contributed by atoms with van der Waals surface area (Å²) < 4.78 is 0. The number of oxime groups is 1. The van der Waals surface area contributed by atoms with Gasteiger partial charge in [-0.2, -0.15) is 0 Å². The molecule has 94 valence electrons. The van der Waals surface area contributed by atoms with Crippen LogP contribution in [0.15, 0.2) is 5.16 Å². The average molecular weight is 230 g/mol. The molecule has 0 saturated carbocycles. The summed E-state index contributed by atoms with van der Waals surface area (Å²) >= 11 is 0. The van der Waals surface area contributed by atoms with Gasteiger partial charge in [0.2, 0.25) is 0 Å². The summed E-state index contributed by atoms with van der Waals surface area (Å²) in [5.41, 5.74) is 5.43. The Bertz CT molecular complexity index is 223. The summed E-state index contributed by atoms with van der Waals surface area (Å²) in [4.78, 5) is 4.58. The minimum atomic E-state index is 0.226. The van der Waals surface area contributed by atoms with E-state index in [0.29, 0.717) is 6.42 Å². The fourth-order valence-electron chi connectivity index (χ4n) is 1.94. The summed E-state index contributed by atoms with van der Waals surface area (Å²) in [7, 11) is 0. The van der Waals surface area contributed by atoms with Gasteiger partial charge in [0, 0.05) is 32.6 Å². The van der Waals surface area contributed by atoms with Crippen LogP contribution in [-0.2, 0) is 0 Å². The van der Waals surface area contributed by atoms with Gasteiger partial charge in [0.15, 0.2) is 0 Å². The maximum Gasteiger partial charge on any atom is 0.140 e. The van der Waals surface area contributed by atoms with E-state index >= 15 is 0 Å². The van der Waals surface area contributed by atoms with Crippen molar-refractivity contribution in [1.29, 1.82) is 0 Å². The molecule has 0 radical (unpaired) electrons. The van der Waals surface area contributed by atoms with Crippen molar-refractivity contribution >= 4 is 5.84 Å². The molecule has 6 heteroatoms.